The Kier molecular flexibility index (Phi) is 9.17. The summed E-state index contributed by atoms with van der Waals surface area (Å²) in [6.07, 6.45) is 3.53. The Morgan fingerprint density at radius 3 is 2.45 bits per heavy atom. The van der Waals surface area contributed by atoms with Gasteiger partial charge in [-0.05, 0) is 36.5 Å². The lowest BCUT2D eigenvalue weighted by atomic mass is 9.91. The van der Waals surface area contributed by atoms with Gasteiger partial charge in [-0.25, -0.2) is 4.99 Å². The van der Waals surface area contributed by atoms with Gasteiger partial charge in [0.15, 0.2) is 0 Å². The second-order valence-corrected chi connectivity index (χ2v) is 11.5. The van der Waals surface area contributed by atoms with Crippen LogP contribution in [0.15, 0.2) is 59.6 Å². The Bertz CT molecular complexity index is 1190. The summed E-state index contributed by atoms with van der Waals surface area (Å²) >= 11 is 0. The monoisotopic (exact) mass is 545 g/mol. The number of hydrogen-bond donors (Lipinski definition) is 2. The summed E-state index contributed by atoms with van der Waals surface area (Å²) in [6, 6.07) is 18.3. The van der Waals surface area contributed by atoms with Gasteiger partial charge < -0.3 is 20.2 Å². The molecule has 2 aliphatic heterocycles. The van der Waals surface area contributed by atoms with E-state index in [0.717, 1.165) is 75.5 Å². The molecule has 3 atom stereocenters. The number of amidine groups is 1. The molecule has 2 aromatic rings. The van der Waals surface area contributed by atoms with Crippen molar-refractivity contribution < 1.29 is 14.7 Å². The van der Waals surface area contributed by atoms with Crippen LogP contribution in [0.5, 0.6) is 0 Å². The highest BCUT2D eigenvalue weighted by molar-refractivity contribution is 6.12. The van der Waals surface area contributed by atoms with E-state index in [0.29, 0.717) is 18.8 Å². The van der Waals surface area contributed by atoms with Crippen molar-refractivity contribution in [3.8, 4) is 0 Å². The van der Waals surface area contributed by atoms with Crippen LogP contribution in [0, 0.1) is 11.8 Å². The van der Waals surface area contributed by atoms with Gasteiger partial charge in [0, 0.05) is 45.3 Å². The quantitative estimate of drug-likeness (QED) is 0.476. The number of nitrogens with one attached hydrogen (secondary N) is 1. The number of anilines is 1. The Morgan fingerprint density at radius 2 is 1.75 bits per heavy atom. The van der Waals surface area contributed by atoms with E-state index in [1.807, 2.05) is 30.3 Å². The highest BCUT2D eigenvalue weighted by Gasteiger charge is 2.38. The molecule has 40 heavy (non-hydrogen) atoms. The number of likely N-dealkylation sites (N-methyl/N-ethyl adjacent to an activating group) is 1. The topological polar surface area (TPSA) is 88.5 Å². The standard InChI is InChI=1S/C32H43N5O3/c1-3-4-14-28(38)26(21-23-15-16-23)31(39)34-29-32(40)35(2)27-13-9-8-12-25(27)30(33-29)37-19-17-36(18-20-37)22-24-10-6-5-7-11-24/h5-13,23,26,28-29,38H,3-4,14-22H2,1-2H3,(H,34,39)/t26-,28+,29+/m1/s1. The van der Waals surface area contributed by atoms with Crippen LogP contribution in [-0.2, 0) is 16.1 Å². The predicted octanol–water partition coefficient (Wildman–Crippen LogP) is 3.64. The van der Waals surface area contributed by atoms with Gasteiger partial charge in [-0.1, -0.05) is 75.1 Å². The Balaban J connectivity index is 1.36. The maximum atomic E-state index is 13.6. The molecule has 1 aliphatic carbocycles. The highest BCUT2D eigenvalue weighted by atomic mass is 16.3. The second-order valence-electron chi connectivity index (χ2n) is 11.5. The van der Waals surface area contributed by atoms with Gasteiger partial charge in [0.25, 0.3) is 5.91 Å². The predicted molar refractivity (Wildman–Crippen MR) is 158 cm³/mol. The first-order chi connectivity index (χ1) is 19.4. The van der Waals surface area contributed by atoms with Gasteiger partial charge >= 0.3 is 0 Å². The van der Waals surface area contributed by atoms with Gasteiger partial charge in [-0.3, -0.25) is 14.5 Å². The number of aliphatic hydroxyl groups excluding tert-OH is 1. The van der Waals surface area contributed by atoms with Gasteiger partial charge in [0.05, 0.1) is 17.7 Å². The summed E-state index contributed by atoms with van der Waals surface area (Å²) in [6.45, 7) is 6.30. The first-order valence-electron chi connectivity index (χ1n) is 14.9. The number of aliphatic hydroxyl groups is 1. The molecule has 8 nitrogen and oxygen atoms in total. The van der Waals surface area contributed by atoms with E-state index < -0.39 is 18.2 Å². The number of benzodiazepines with no additional fused rings is 1. The zero-order chi connectivity index (χ0) is 28.1. The molecule has 0 unspecified atom stereocenters. The summed E-state index contributed by atoms with van der Waals surface area (Å²) in [5.74, 6) is 0.150. The maximum Gasteiger partial charge on any atom is 0.272 e. The van der Waals surface area contributed by atoms with Crippen molar-refractivity contribution in [1.82, 2.24) is 15.1 Å². The van der Waals surface area contributed by atoms with Crippen LogP contribution in [0.1, 0.15) is 56.6 Å². The molecule has 3 aliphatic rings. The molecule has 0 radical (unpaired) electrons. The summed E-state index contributed by atoms with van der Waals surface area (Å²) in [4.78, 5) is 38.4. The summed E-state index contributed by atoms with van der Waals surface area (Å²) < 4.78 is 0. The first-order valence-corrected chi connectivity index (χ1v) is 14.9. The Labute approximate surface area is 238 Å². The van der Waals surface area contributed by atoms with Crippen molar-refractivity contribution in [2.75, 3.05) is 38.1 Å². The molecule has 2 heterocycles. The molecule has 2 amide bonds. The molecule has 1 saturated heterocycles. The van der Waals surface area contributed by atoms with E-state index in [4.69, 9.17) is 4.99 Å². The third-order valence-corrected chi connectivity index (χ3v) is 8.46. The van der Waals surface area contributed by atoms with Crippen molar-refractivity contribution in [1.29, 1.82) is 0 Å². The largest absolute Gasteiger partial charge is 0.392 e. The fourth-order valence-corrected chi connectivity index (χ4v) is 5.82. The fourth-order valence-electron chi connectivity index (χ4n) is 5.82. The number of para-hydroxylation sites is 1. The average molecular weight is 546 g/mol. The van der Waals surface area contributed by atoms with Crippen LogP contribution in [0.25, 0.3) is 0 Å². The highest BCUT2D eigenvalue weighted by Crippen LogP contribution is 2.37. The molecule has 0 aromatic heterocycles. The van der Waals surface area contributed by atoms with Crippen molar-refractivity contribution in [3.63, 3.8) is 0 Å². The smallest absolute Gasteiger partial charge is 0.272 e. The second kappa shape index (κ2) is 13.0. The SMILES string of the molecule is CCCC[C@H](O)[C@@H](CC1CC1)C(=O)N[C@@H]1N=C(N2CCN(Cc3ccccc3)CC2)c2ccccc2N(C)C1=O. The number of benzene rings is 2. The number of aliphatic imine (C=N–C) groups is 1. The van der Waals surface area contributed by atoms with Crippen molar-refractivity contribution >= 4 is 23.3 Å². The molecule has 0 bridgehead atoms. The Hall–Kier alpha value is -3.23. The number of carbonyl (C=O) groups is 2. The van der Waals surface area contributed by atoms with E-state index in [1.165, 1.54) is 5.56 Å². The normalized spacial score (nSPS) is 21.3. The zero-order valence-corrected chi connectivity index (χ0v) is 23.8. The van der Waals surface area contributed by atoms with Crippen LogP contribution in [0.3, 0.4) is 0 Å². The number of piperazine rings is 1. The molecule has 1 saturated carbocycles. The molecule has 214 valence electrons. The van der Waals surface area contributed by atoms with Crippen LogP contribution in [0.2, 0.25) is 0 Å². The number of rotatable bonds is 10. The molecule has 0 spiro atoms. The third kappa shape index (κ3) is 6.73. The number of hydrogen-bond acceptors (Lipinski definition) is 6. The van der Waals surface area contributed by atoms with Crippen LogP contribution < -0.4 is 10.2 Å². The molecule has 8 heteroatoms. The minimum atomic E-state index is -1.04. The lowest BCUT2D eigenvalue weighted by molar-refractivity contribution is -0.133. The molecule has 2 aromatic carbocycles. The lowest BCUT2D eigenvalue weighted by Crippen LogP contribution is -2.51. The first kappa shape index (κ1) is 28.3. The van der Waals surface area contributed by atoms with Crippen LogP contribution in [0.4, 0.5) is 5.69 Å². The fraction of sp³-hybridized carbons (Fsp3) is 0.531. The molecule has 2 N–H and O–H groups in total. The lowest BCUT2D eigenvalue weighted by Gasteiger charge is -2.37. The summed E-state index contributed by atoms with van der Waals surface area (Å²) in [5.41, 5.74) is 2.97. The number of amides is 2. The average Bonchev–Trinajstić information content (AvgIpc) is 3.82. The van der Waals surface area contributed by atoms with Crippen molar-refractivity contribution in [2.24, 2.45) is 16.8 Å². The van der Waals surface area contributed by atoms with E-state index >= 15 is 0 Å². The van der Waals surface area contributed by atoms with Crippen LogP contribution in [-0.4, -0.2) is 78.1 Å². The zero-order valence-electron chi connectivity index (χ0n) is 23.8. The Morgan fingerprint density at radius 1 is 1.05 bits per heavy atom. The van der Waals surface area contributed by atoms with Gasteiger partial charge in [0.1, 0.15) is 5.84 Å². The number of nitrogens with zero attached hydrogens (tertiary/aromatic N) is 4. The van der Waals surface area contributed by atoms with Crippen molar-refractivity contribution in [3.05, 3.63) is 65.7 Å². The van der Waals surface area contributed by atoms with E-state index in [-0.39, 0.29) is 11.8 Å². The number of unbranched alkanes of at least 4 members (excludes halogenated alkanes) is 1. The van der Waals surface area contributed by atoms with E-state index in [2.05, 4.69) is 46.3 Å². The molecular weight excluding hydrogens is 502 g/mol. The third-order valence-electron chi connectivity index (χ3n) is 8.46. The van der Waals surface area contributed by atoms with E-state index in [9.17, 15) is 14.7 Å². The van der Waals surface area contributed by atoms with Crippen molar-refractivity contribution in [2.45, 2.75) is 64.3 Å². The maximum absolute atomic E-state index is 13.6. The number of carbonyl (C=O) groups excluding carboxylic acids is 2. The molecule has 2 fully saturated rings. The van der Waals surface area contributed by atoms with Gasteiger partial charge in [0.2, 0.25) is 12.1 Å². The van der Waals surface area contributed by atoms with Gasteiger partial charge in [-0.15, -0.1) is 0 Å². The van der Waals surface area contributed by atoms with E-state index in [1.54, 1.807) is 11.9 Å². The minimum Gasteiger partial charge on any atom is -0.392 e. The van der Waals surface area contributed by atoms with Gasteiger partial charge in [-0.2, -0.15) is 0 Å². The molecule has 5 rings (SSSR count). The minimum absolute atomic E-state index is 0.272. The number of fused-ring (bicyclic) bond motifs is 1. The summed E-state index contributed by atoms with van der Waals surface area (Å²) in [5, 5.41) is 13.9. The summed E-state index contributed by atoms with van der Waals surface area (Å²) in [7, 11) is 1.74. The van der Waals surface area contributed by atoms with Crippen LogP contribution >= 0.6 is 0 Å². The molecular formula is C32H43N5O3.